The normalized spacial score (nSPS) is 20.3. The van der Waals surface area contributed by atoms with Crippen molar-refractivity contribution >= 4 is 54.1 Å². The van der Waals surface area contributed by atoms with Crippen LogP contribution in [0.4, 0.5) is 23.5 Å². The fourth-order valence-corrected chi connectivity index (χ4v) is 6.55. The van der Waals surface area contributed by atoms with Gasteiger partial charge in [0.25, 0.3) is 0 Å². The first-order valence-electron chi connectivity index (χ1n) is 16.1. The topological polar surface area (TPSA) is 218 Å². The minimum atomic E-state index is -2.86. The molecule has 0 bridgehead atoms. The molecule has 19 nitrogen and oxygen atoms in total. The van der Waals surface area contributed by atoms with Crippen LogP contribution in [0, 0.1) is 0 Å². The summed E-state index contributed by atoms with van der Waals surface area (Å²) >= 11 is 0. The SMILES string of the molecule is Nc1nc(N2CCOCC2)c2ncn(CC3(OCO[PH](=O)OCOC4(Cn5cnc6c(N7CCOCC7)nc(N)nc65)CC4)CC3)c2n1. The summed E-state index contributed by atoms with van der Waals surface area (Å²) in [5.41, 5.74) is 13.8. The van der Waals surface area contributed by atoms with Gasteiger partial charge in [0.1, 0.15) is 0 Å². The molecule has 4 N–H and O–H groups in total. The van der Waals surface area contributed by atoms with Crippen LogP contribution in [-0.4, -0.2) is 116 Å². The lowest BCUT2D eigenvalue weighted by molar-refractivity contribution is -0.0808. The lowest BCUT2D eigenvalue weighted by Crippen LogP contribution is -2.37. The smallest absolute Gasteiger partial charge is 0.323 e. The fourth-order valence-electron chi connectivity index (χ4n) is 6.16. The molecule has 4 fully saturated rings. The van der Waals surface area contributed by atoms with Gasteiger partial charge in [0.15, 0.2) is 47.5 Å². The molecule has 4 aromatic rings. The predicted octanol–water partition coefficient (Wildman–Crippen LogP) is 0.940. The molecule has 2 aliphatic carbocycles. The number of nitrogens with two attached hydrogens (primary N) is 2. The molecule has 258 valence electrons. The third-order valence-electron chi connectivity index (χ3n) is 9.16. The molecule has 8 rings (SSSR count). The van der Waals surface area contributed by atoms with Crippen molar-refractivity contribution in [2.45, 2.75) is 50.0 Å². The van der Waals surface area contributed by atoms with Crippen molar-refractivity contribution in [3.63, 3.8) is 0 Å². The second-order valence-corrected chi connectivity index (χ2v) is 13.6. The van der Waals surface area contributed by atoms with Gasteiger partial charge in [-0.1, -0.05) is 0 Å². The summed E-state index contributed by atoms with van der Waals surface area (Å²) in [4.78, 5) is 31.2. The molecule has 0 amide bonds. The molecular weight excluding hydrogens is 647 g/mol. The van der Waals surface area contributed by atoms with Gasteiger partial charge in [-0.2, -0.15) is 19.9 Å². The zero-order valence-electron chi connectivity index (χ0n) is 26.5. The molecule has 0 radical (unpaired) electrons. The first kappa shape index (κ1) is 31.6. The molecule has 0 spiro atoms. The third kappa shape index (κ3) is 6.63. The Morgan fingerprint density at radius 2 is 1.10 bits per heavy atom. The van der Waals surface area contributed by atoms with Gasteiger partial charge in [-0.15, -0.1) is 0 Å². The van der Waals surface area contributed by atoms with Crippen molar-refractivity contribution in [1.82, 2.24) is 39.0 Å². The summed E-state index contributed by atoms with van der Waals surface area (Å²) < 4.78 is 50.2. The molecule has 6 heterocycles. The number of ether oxygens (including phenoxy) is 4. The number of imidazole rings is 2. The molecule has 2 saturated heterocycles. The van der Waals surface area contributed by atoms with E-state index in [-0.39, 0.29) is 25.5 Å². The molecule has 2 saturated carbocycles. The highest BCUT2D eigenvalue weighted by atomic mass is 31.1. The lowest BCUT2D eigenvalue weighted by Gasteiger charge is -2.27. The van der Waals surface area contributed by atoms with Gasteiger partial charge >= 0.3 is 8.25 Å². The van der Waals surface area contributed by atoms with E-state index in [1.54, 1.807) is 12.7 Å². The molecule has 20 heteroatoms. The Morgan fingerprint density at radius 1 is 0.688 bits per heavy atom. The first-order valence-corrected chi connectivity index (χ1v) is 17.3. The van der Waals surface area contributed by atoms with Crippen molar-refractivity contribution in [1.29, 1.82) is 0 Å². The van der Waals surface area contributed by atoms with Crippen LogP contribution in [0.3, 0.4) is 0 Å². The van der Waals surface area contributed by atoms with Gasteiger partial charge in [-0.25, -0.2) is 9.97 Å². The van der Waals surface area contributed by atoms with E-state index in [1.165, 1.54) is 0 Å². The maximum atomic E-state index is 12.6. The van der Waals surface area contributed by atoms with Gasteiger partial charge in [0, 0.05) is 26.2 Å². The monoisotopic (exact) mass is 686 g/mol. The number of nitrogen functional groups attached to an aromatic ring is 2. The van der Waals surface area contributed by atoms with Crippen molar-refractivity contribution in [3.05, 3.63) is 12.7 Å². The van der Waals surface area contributed by atoms with E-state index in [9.17, 15) is 4.57 Å². The minimum absolute atomic E-state index is 0.181. The zero-order chi connectivity index (χ0) is 32.7. The highest BCUT2D eigenvalue weighted by Crippen LogP contribution is 2.44. The fraction of sp³-hybridized carbons (Fsp3) is 0.643. The van der Waals surface area contributed by atoms with Gasteiger partial charge < -0.3 is 49.3 Å². The minimum Gasteiger partial charge on any atom is -0.378 e. The van der Waals surface area contributed by atoms with Crippen LogP contribution in [0.15, 0.2) is 12.7 Å². The average Bonchev–Trinajstić information content (AvgIpc) is 3.97. The van der Waals surface area contributed by atoms with Gasteiger partial charge in [-0.3, -0.25) is 13.6 Å². The standard InChI is InChI=1S/C28H39N12O7P/c29-25-33-21(37-5-9-42-10-6-37)19-23(35-25)39(15-31-19)13-27(1-2-27)44-17-46-48(41)47-18-45-28(3-4-28)14-40-16-32-20-22(34-26(30)36-24(20)40)38-7-11-43-12-8-38/h15-16,48H,1-14,17-18H2,(H2,29,33,35)(H2,30,34,36). The number of rotatable bonds is 14. The van der Waals surface area contributed by atoms with Crippen molar-refractivity contribution < 1.29 is 32.6 Å². The van der Waals surface area contributed by atoms with E-state index < -0.39 is 19.5 Å². The first-order chi connectivity index (χ1) is 23.4. The highest BCUT2D eigenvalue weighted by Gasteiger charge is 2.46. The van der Waals surface area contributed by atoms with Gasteiger partial charge in [-0.05, 0) is 25.7 Å². The van der Waals surface area contributed by atoms with Gasteiger partial charge in [0.2, 0.25) is 11.9 Å². The largest absolute Gasteiger partial charge is 0.378 e. The van der Waals surface area contributed by atoms with E-state index in [4.69, 9.17) is 39.5 Å². The molecule has 0 atom stereocenters. The van der Waals surface area contributed by atoms with E-state index >= 15 is 0 Å². The average molecular weight is 687 g/mol. The number of morpholine rings is 2. The molecule has 4 aromatic heterocycles. The Kier molecular flexibility index (Phi) is 8.52. The number of hydrogen-bond donors (Lipinski definition) is 2. The molecule has 48 heavy (non-hydrogen) atoms. The van der Waals surface area contributed by atoms with Gasteiger partial charge in [0.05, 0.1) is 63.4 Å². The van der Waals surface area contributed by atoms with Crippen LogP contribution in [0.2, 0.25) is 0 Å². The molecule has 2 aliphatic heterocycles. The quantitative estimate of drug-likeness (QED) is 0.139. The van der Waals surface area contributed by atoms with Crippen molar-refractivity contribution in [2.75, 3.05) is 87.5 Å². The van der Waals surface area contributed by atoms with E-state index in [0.717, 1.165) is 25.7 Å². The molecular formula is C28H39N12O7P. The highest BCUT2D eigenvalue weighted by molar-refractivity contribution is 7.33. The lowest BCUT2D eigenvalue weighted by atomic mass is 10.3. The van der Waals surface area contributed by atoms with Crippen LogP contribution < -0.4 is 21.3 Å². The Hall–Kier alpha value is -3.71. The van der Waals surface area contributed by atoms with Crippen LogP contribution in [-0.2, 0) is 45.6 Å². The van der Waals surface area contributed by atoms with Crippen LogP contribution in [0.5, 0.6) is 0 Å². The summed E-state index contributed by atoms with van der Waals surface area (Å²) in [5, 5.41) is 0. The number of fused-ring (bicyclic) bond motifs is 2. The van der Waals surface area contributed by atoms with Crippen LogP contribution >= 0.6 is 8.25 Å². The number of aromatic nitrogens is 8. The number of nitrogens with zero attached hydrogens (tertiary/aromatic N) is 10. The maximum absolute atomic E-state index is 12.6. The number of hydrogen-bond acceptors (Lipinski definition) is 17. The second kappa shape index (κ2) is 13.0. The Bertz CT molecular complexity index is 1670. The molecule has 0 unspecified atom stereocenters. The summed E-state index contributed by atoms with van der Waals surface area (Å²) in [5.74, 6) is 1.77. The van der Waals surface area contributed by atoms with Crippen molar-refractivity contribution in [2.24, 2.45) is 0 Å². The van der Waals surface area contributed by atoms with Crippen LogP contribution in [0.1, 0.15) is 25.7 Å². The third-order valence-corrected chi connectivity index (χ3v) is 9.87. The summed E-state index contributed by atoms with van der Waals surface area (Å²) in [6.45, 7) is 5.93. The van der Waals surface area contributed by atoms with Crippen molar-refractivity contribution in [3.8, 4) is 0 Å². The number of anilines is 4. The van der Waals surface area contributed by atoms with E-state index in [1.807, 2.05) is 9.13 Å². The zero-order valence-corrected chi connectivity index (χ0v) is 27.5. The van der Waals surface area contributed by atoms with E-state index in [0.29, 0.717) is 99.7 Å². The Balaban J connectivity index is 0.821. The Labute approximate surface area is 275 Å². The Morgan fingerprint density at radius 3 is 1.50 bits per heavy atom. The maximum Gasteiger partial charge on any atom is 0.323 e. The summed E-state index contributed by atoms with van der Waals surface area (Å²) in [6.07, 6.45) is 6.70. The summed E-state index contributed by atoms with van der Waals surface area (Å²) in [6, 6.07) is 0. The van der Waals surface area contributed by atoms with E-state index in [2.05, 4.69) is 39.7 Å². The molecule has 4 aliphatic rings. The van der Waals surface area contributed by atoms with Crippen LogP contribution in [0.25, 0.3) is 22.3 Å². The predicted molar refractivity (Wildman–Crippen MR) is 173 cm³/mol. The second-order valence-electron chi connectivity index (χ2n) is 12.5. The molecule has 0 aromatic carbocycles. The summed E-state index contributed by atoms with van der Waals surface area (Å²) in [7, 11) is -2.86.